The summed E-state index contributed by atoms with van der Waals surface area (Å²) < 4.78 is 5.10. The molecule has 0 atom stereocenters. The summed E-state index contributed by atoms with van der Waals surface area (Å²) in [7, 11) is 0. The van der Waals surface area contributed by atoms with Gasteiger partial charge in [0.1, 0.15) is 5.76 Å². The maximum Gasteiger partial charge on any atom is 0.321 e. The van der Waals surface area contributed by atoms with E-state index in [0.717, 1.165) is 35.9 Å². The van der Waals surface area contributed by atoms with Gasteiger partial charge in [-0.2, -0.15) is 0 Å². The predicted octanol–water partition coefficient (Wildman–Crippen LogP) is 3.30. The van der Waals surface area contributed by atoms with Crippen molar-refractivity contribution >= 4 is 29.1 Å². The summed E-state index contributed by atoms with van der Waals surface area (Å²) in [5.74, 6) is 1.62. The Morgan fingerprint density at radius 1 is 1.26 bits per heavy atom. The number of hydrogen-bond acceptors (Lipinski definition) is 4. The summed E-state index contributed by atoms with van der Waals surface area (Å²) in [5, 5.41) is 7.59. The Labute approximate surface area is 140 Å². The maximum atomic E-state index is 12.4. The second-order valence-electron chi connectivity index (χ2n) is 5.61. The number of nitrogens with zero attached hydrogens (tertiary/aromatic N) is 3. The Hall–Kier alpha value is -2.21. The van der Waals surface area contributed by atoms with E-state index >= 15 is 0 Å². The van der Waals surface area contributed by atoms with Crippen LogP contribution < -0.4 is 10.2 Å². The van der Waals surface area contributed by atoms with E-state index in [1.807, 2.05) is 38.1 Å². The molecule has 7 heteroatoms. The molecule has 0 radical (unpaired) electrons. The van der Waals surface area contributed by atoms with Gasteiger partial charge in [-0.1, -0.05) is 22.8 Å². The van der Waals surface area contributed by atoms with Crippen LogP contribution in [0.2, 0.25) is 5.02 Å². The molecule has 0 saturated carbocycles. The van der Waals surface area contributed by atoms with Crippen LogP contribution in [0, 0.1) is 13.8 Å². The van der Waals surface area contributed by atoms with E-state index in [2.05, 4.69) is 15.4 Å². The number of hydrogen-bond donors (Lipinski definition) is 1. The lowest BCUT2D eigenvalue weighted by Gasteiger charge is -2.34. The summed E-state index contributed by atoms with van der Waals surface area (Å²) in [5.41, 5.74) is 1.62. The molecule has 3 rings (SSSR count). The van der Waals surface area contributed by atoms with Crippen LogP contribution in [0.4, 0.5) is 16.3 Å². The Morgan fingerprint density at radius 2 is 2.00 bits per heavy atom. The third kappa shape index (κ3) is 3.42. The fraction of sp³-hybridized carbons (Fsp3) is 0.375. The fourth-order valence-electron chi connectivity index (χ4n) is 2.58. The van der Waals surface area contributed by atoms with Gasteiger partial charge < -0.3 is 19.6 Å². The number of anilines is 2. The molecule has 1 N–H and O–H groups in total. The average Bonchev–Trinajstić information content (AvgIpc) is 2.98. The van der Waals surface area contributed by atoms with Crippen molar-refractivity contribution in [3.05, 3.63) is 40.6 Å². The van der Waals surface area contributed by atoms with Gasteiger partial charge in [0.2, 0.25) is 0 Å². The van der Waals surface area contributed by atoms with Crippen molar-refractivity contribution in [3.63, 3.8) is 0 Å². The number of benzene rings is 1. The molecule has 0 aliphatic carbocycles. The first-order chi connectivity index (χ1) is 11.0. The minimum Gasteiger partial charge on any atom is -0.360 e. The smallest absolute Gasteiger partial charge is 0.321 e. The van der Waals surface area contributed by atoms with E-state index in [0.29, 0.717) is 18.1 Å². The molecule has 2 heterocycles. The zero-order chi connectivity index (χ0) is 16.4. The first-order valence-corrected chi connectivity index (χ1v) is 7.91. The van der Waals surface area contributed by atoms with Gasteiger partial charge in [-0.05, 0) is 31.5 Å². The minimum absolute atomic E-state index is 0.105. The normalized spacial score (nSPS) is 14.9. The Morgan fingerprint density at radius 3 is 2.65 bits per heavy atom. The molecule has 0 bridgehead atoms. The van der Waals surface area contributed by atoms with E-state index in [9.17, 15) is 4.79 Å². The third-order valence-electron chi connectivity index (χ3n) is 4.02. The molecule has 1 aromatic heterocycles. The molecule has 2 amide bonds. The fourth-order valence-corrected chi connectivity index (χ4v) is 2.75. The van der Waals surface area contributed by atoms with Crippen LogP contribution in [0.1, 0.15) is 11.3 Å². The van der Waals surface area contributed by atoms with Crippen LogP contribution in [-0.4, -0.2) is 42.3 Å². The van der Waals surface area contributed by atoms with Gasteiger partial charge in [-0.25, -0.2) is 4.79 Å². The molecule has 1 aliphatic rings. The van der Waals surface area contributed by atoms with Crippen molar-refractivity contribution in [1.29, 1.82) is 0 Å². The number of aromatic nitrogens is 1. The number of urea groups is 1. The lowest BCUT2D eigenvalue weighted by Crippen LogP contribution is -2.50. The zero-order valence-electron chi connectivity index (χ0n) is 13.2. The van der Waals surface area contributed by atoms with Crippen LogP contribution in [0.15, 0.2) is 28.8 Å². The number of piperazine rings is 1. The number of aryl methyl sites for hydroxylation is 1. The molecule has 0 spiro atoms. The number of amides is 2. The second kappa shape index (κ2) is 6.50. The van der Waals surface area contributed by atoms with Crippen LogP contribution in [0.5, 0.6) is 0 Å². The highest BCUT2D eigenvalue weighted by Crippen LogP contribution is 2.23. The van der Waals surface area contributed by atoms with Gasteiger partial charge in [0.25, 0.3) is 0 Å². The molecule has 0 unspecified atom stereocenters. The average molecular weight is 335 g/mol. The molecular formula is C16H19ClN4O2. The number of rotatable bonds is 2. The third-order valence-corrected chi connectivity index (χ3v) is 4.43. The van der Waals surface area contributed by atoms with Gasteiger partial charge in [-0.3, -0.25) is 0 Å². The first-order valence-electron chi connectivity index (χ1n) is 7.54. The molecule has 122 valence electrons. The largest absolute Gasteiger partial charge is 0.360 e. The quantitative estimate of drug-likeness (QED) is 0.915. The maximum absolute atomic E-state index is 12.4. The van der Waals surface area contributed by atoms with E-state index in [-0.39, 0.29) is 6.03 Å². The molecule has 1 saturated heterocycles. The number of carbonyl (C=O) groups is 1. The van der Waals surface area contributed by atoms with Crippen molar-refractivity contribution in [2.24, 2.45) is 0 Å². The SMILES string of the molecule is Cc1cc(N2CCN(C(=O)Nc3cccc(Cl)c3C)CC2)no1. The van der Waals surface area contributed by atoms with Crippen LogP contribution in [-0.2, 0) is 0 Å². The van der Waals surface area contributed by atoms with Gasteiger partial charge >= 0.3 is 6.03 Å². The standard InChI is InChI=1S/C16H19ClN4O2/c1-11-10-15(19-23-11)20-6-8-21(9-7-20)16(22)18-14-5-3-4-13(17)12(14)2/h3-5,10H,6-9H2,1-2H3,(H,18,22). The van der Waals surface area contributed by atoms with Gasteiger partial charge in [-0.15, -0.1) is 0 Å². The molecule has 2 aromatic rings. The van der Waals surface area contributed by atoms with Crippen molar-refractivity contribution in [3.8, 4) is 0 Å². The minimum atomic E-state index is -0.105. The van der Waals surface area contributed by atoms with E-state index < -0.39 is 0 Å². The summed E-state index contributed by atoms with van der Waals surface area (Å²) in [4.78, 5) is 16.3. The highest BCUT2D eigenvalue weighted by Gasteiger charge is 2.23. The molecule has 6 nitrogen and oxygen atoms in total. The lowest BCUT2D eigenvalue weighted by molar-refractivity contribution is 0.208. The van der Waals surface area contributed by atoms with Gasteiger partial charge in [0, 0.05) is 43.0 Å². The van der Waals surface area contributed by atoms with Crippen LogP contribution in [0.25, 0.3) is 0 Å². The van der Waals surface area contributed by atoms with Crippen molar-refractivity contribution < 1.29 is 9.32 Å². The van der Waals surface area contributed by atoms with E-state index in [4.69, 9.17) is 16.1 Å². The molecule has 1 fully saturated rings. The predicted molar refractivity (Wildman–Crippen MR) is 90.2 cm³/mol. The second-order valence-corrected chi connectivity index (χ2v) is 6.02. The van der Waals surface area contributed by atoms with E-state index in [1.54, 1.807) is 4.90 Å². The molecule has 1 aromatic carbocycles. The van der Waals surface area contributed by atoms with Crippen molar-refractivity contribution in [2.75, 3.05) is 36.4 Å². The highest BCUT2D eigenvalue weighted by molar-refractivity contribution is 6.31. The van der Waals surface area contributed by atoms with Gasteiger partial charge in [0.05, 0.1) is 0 Å². The number of nitrogens with one attached hydrogen (secondary N) is 1. The van der Waals surface area contributed by atoms with E-state index in [1.165, 1.54) is 0 Å². The zero-order valence-corrected chi connectivity index (χ0v) is 13.9. The number of carbonyl (C=O) groups excluding carboxylic acids is 1. The summed E-state index contributed by atoms with van der Waals surface area (Å²) in [6, 6.07) is 7.30. The van der Waals surface area contributed by atoms with Gasteiger partial charge in [0.15, 0.2) is 5.82 Å². The Bertz CT molecular complexity index is 708. The molecule has 1 aliphatic heterocycles. The van der Waals surface area contributed by atoms with Crippen molar-refractivity contribution in [2.45, 2.75) is 13.8 Å². The monoisotopic (exact) mass is 334 g/mol. The summed E-state index contributed by atoms with van der Waals surface area (Å²) in [6.45, 7) is 6.49. The Balaban J connectivity index is 1.59. The lowest BCUT2D eigenvalue weighted by atomic mass is 10.2. The Kier molecular flexibility index (Phi) is 4.43. The van der Waals surface area contributed by atoms with Crippen LogP contribution in [0.3, 0.4) is 0 Å². The summed E-state index contributed by atoms with van der Waals surface area (Å²) >= 11 is 6.08. The van der Waals surface area contributed by atoms with Crippen molar-refractivity contribution in [1.82, 2.24) is 10.1 Å². The highest BCUT2D eigenvalue weighted by atomic mass is 35.5. The molecular weight excluding hydrogens is 316 g/mol. The topological polar surface area (TPSA) is 61.6 Å². The number of halogens is 1. The first kappa shape index (κ1) is 15.7. The molecule has 23 heavy (non-hydrogen) atoms. The summed E-state index contributed by atoms with van der Waals surface area (Å²) in [6.07, 6.45) is 0. The van der Waals surface area contributed by atoms with Crippen LogP contribution >= 0.6 is 11.6 Å².